The molecule has 24 heavy (non-hydrogen) atoms. The number of hydrogen-bond donors (Lipinski definition) is 2. The van der Waals surface area contributed by atoms with Gasteiger partial charge in [0.2, 0.25) is 0 Å². The van der Waals surface area contributed by atoms with Crippen LogP contribution in [0.15, 0.2) is 70.8 Å². The highest BCUT2D eigenvalue weighted by atomic mass is 16.3. The lowest BCUT2D eigenvalue weighted by atomic mass is 10.4. The molecule has 8 heteroatoms. The highest BCUT2D eigenvalue weighted by molar-refractivity contribution is 5.52. The van der Waals surface area contributed by atoms with E-state index >= 15 is 0 Å². The summed E-state index contributed by atoms with van der Waals surface area (Å²) in [7, 11) is 0. The average molecular weight is 324 g/mol. The molecule has 0 atom stereocenters. The predicted octanol–water partition coefficient (Wildman–Crippen LogP) is 0.800. The Morgan fingerprint density at radius 3 is 1.50 bits per heavy atom. The molecule has 8 nitrogen and oxygen atoms in total. The lowest BCUT2D eigenvalue weighted by Crippen LogP contribution is -2.11. The van der Waals surface area contributed by atoms with E-state index in [9.17, 15) is 19.8 Å². The zero-order valence-electron chi connectivity index (χ0n) is 12.3. The Balaban J connectivity index is 0.000000141. The van der Waals surface area contributed by atoms with Crippen molar-refractivity contribution >= 4 is 11.3 Å². The van der Waals surface area contributed by atoms with Gasteiger partial charge in [0, 0.05) is 36.9 Å². The molecule has 0 spiro atoms. The molecule has 4 rings (SSSR count). The molecule has 4 aromatic rings. The summed E-state index contributed by atoms with van der Waals surface area (Å²) >= 11 is 0. The molecule has 0 fully saturated rings. The van der Waals surface area contributed by atoms with Gasteiger partial charge in [0.05, 0.1) is 0 Å². The van der Waals surface area contributed by atoms with Gasteiger partial charge >= 0.3 is 0 Å². The van der Waals surface area contributed by atoms with Gasteiger partial charge in [-0.15, -0.1) is 0 Å². The Labute approximate surface area is 134 Å². The summed E-state index contributed by atoms with van der Waals surface area (Å²) in [6, 6.07) is 8.83. The fraction of sp³-hybridized carbons (Fsp3) is 0. The summed E-state index contributed by atoms with van der Waals surface area (Å²) in [5.74, 6) is 0.0189. The van der Waals surface area contributed by atoms with E-state index in [1.807, 2.05) is 0 Å². The number of aromatic hydroxyl groups is 2. The molecule has 0 saturated carbocycles. The Bertz CT molecular complexity index is 1040. The summed E-state index contributed by atoms with van der Waals surface area (Å²) in [5.41, 5.74) is 0.168. The van der Waals surface area contributed by atoms with E-state index in [-0.39, 0.29) is 33.9 Å². The molecule has 0 saturated heterocycles. The van der Waals surface area contributed by atoms with Gasteiger partial charge in [-0.1, -0.05) is 0 Å². The third-order valence-electron chi connectivity index (χ3n) is 3.20. The van der Waals surface area contributed by atoms with Gasteiger partial charge < -0.3 is 10.2 Å². The van der Waals surface area contributed by atoms with Crippen molar-refractivity contribution in [2.45, 2.75) is 0 Å². The Hall–Kier alpha value is -3.68. The first-order valence-corrected chi connectivity index (χ1v) is 6.88. The van der Waals surface area contributed by atoms with Crippen LogP contribution in [0.4, 0.5) is 0 Å². The summed E-state index contributed by atoms with van der Waals surface area (Å²) in [6.45, 7) is 0. The molecule has 0 amide bonds. The third kappa shape index (κ3) is 2.80. The van der Waals surface area contributed by atoms with Crippen LogP contribution in [0.2, 0.25) is 0 Å². The van der Waals surface area contributed by atoms with Gasteiger partial charge in [0.1, 0.15) is 0 Å². The van der Waals surface area contributed by atoms with Gasteiger partial charge in [-0.25, -0.2) is 9.97 Å². The number of hydrogen-bond acceptors (Lipinski definition) is 6. The zero-order valence-corrected chi connectivity index (χ0v) is 12.3. The van der Waals surface area contributed by atoms with Crippen molar-refractivity contribution in [1.29, 1.82) is 0 Å². The number of nitrogens with zero attached hydrogens (tertiary/aromatic N) is 4. The predicted molar refractivity (Wildman–Crippen MR) is 86.3 cm³/mol. The van der Waals surface area contributed by atoms with E-state index in [0.717, 1.165) is 0 Å². The van der Waals surface area contributed by atoms with E-state index in [1.54, 1.807) is 24.5 Å². The molecule has 4 heterocycles. The van der Waals surface area contributed by atoms with Crippen LogP contribution in [0.25, 0.3) is 11.3 Å². The molecule has 0 unspecified atom stereocenters. The fourth-order valence-corrected chi connectivity index (χ4v) is 2.09. The minimum Gasteiger partial charge on any atom is -0.504 e. The van der Waals surface area contributed by atoms with E-state index in [1.165, 1.54) is 45.5 Å². The fourth-order valence-electron chi connectivity index (χ4n) is 2.09. The smallest absolute Gasteiger partial charge is 0.257 e. The lowest BCUT2D eigenvalue weighted by Gasteiger charge is -1.98. The minimum atomic E-state index is -0.198. The second-order valence-electron chi connectivity index (χ2n) is 4.74. The normalized spacial score (nSPS) is 10.3. The molecule has 0 aliphatic heterocycles. The first-order valence-electron chi connectivity index (χ1n) is 6.88. The van der Waals surface area contributed by atoms with Crippen molar-refractivity contribution in [2.75, 3.05) is 0 Å². The first kappa shape index (κ1) is 15.2. The molecule has 120 valence electrons. The second-order valence-corrected chi connectivity index (χ2v) is 4.74. The van der Waals surface area contributed by atoms with E-state index in [0.29, 0.717) is 0 Å². The number of fused-ring (bicyclic) bond motifs is 2. The van der Waals surface area contributed by atoms with Crippen LogP contribution in [0, 0.1) is 0 Å². The van der Waals surface area contributed by atoms with Crippen molar-refractivity contribution in [2.24, 2.45) is 0 Å². The van der Waals surface area contributed by atoms with Crippen LogP contribution >= 0.6 is 0 Å². The number of rotatable bonds is 0. The van der Waals surface area contributed by atoms with Gasteiger partial charge in [-0.3, -0.25) is 18.4 Å². The van der Waals surface area contributed by atoms with Crippen molar-refractivity contribution in [3.8, 4) is 11.5 Å². The van der Waals surface area contributed by atoms with Crippen molar-refractivity contribution in [1.82, 2.24) is 18.8 Å². The minimum absolute atomic E-state index is 0.00944. The van der Waals surface area contributed by atoms with Crippen LogP contribution in [-0.2, 0) is 0 Å². The Morgan fingerprint density at radius 1 is 0.708 bits per heavy atom. The second kappa shape index (κ2) is 6.21. The van der Waals surface area contributed by atoms with Gasteiger partial charge in [-0.05, 0) is 24.3 Å². The van der Waals surface area contributed by atoms with Gasteiger partial charge in [-0.2, -0.15) is 0 Å². The largest absolute Gasteiger partial charge is 0.504 e. The Morgan fingerprint density at radius 2 is 1.12 bits per heavy atom. The SMILES string of the molecule is O=c1ccnc2c(O)cccn12.O=c1ccnc2c(O)cccn12. The van der Waals surface area contributed by atoms with Crippen molar-refractivity contribution in [3.63, 3.8) is 0 Å². The maximum Gasteiger partial charge on any atom is 0.257 e. The maximum atomic E-state index is 11.1. The third-order valence-corrected chi connectivity index (χ3v) is 3.20. The van der Waals surface area contributed by atoms with Crippen LogP contribution in [0.1, 0.15) is 0 Å². The molecular formula is C16H12N4O4. The summed E-state index contributed by atoms with van der Waals surface area (Å²) in [6.07, 6.45) is 5.86. The standard InChI is InChI=1S/2C8H6N2O2/c2*11-6-2-1-5-10-7(12)3-4-9-8(6)10/h2*1-5,11H. The highest BCUT2D eigenvalue weighted by Crippen LogP contribution is 2.12. The first-order chi connectivity index (χ1) is 11.6. The molecular weight excluding hydrogens is 312 g/mol. The van der Waals surface area contributed by atoms with Gasteiger partial charge in [0.15, 0.2) is 22.8 Å². The summed E-state index contributed by atoms with van der Waals surface area (Å²) in [4.78, 5) is 30.0. The number of pyridine rings is 2. The average Bonchev–Trinajstić information content (AvgIpc) is 2.58. The van der Waals surface area contributed by atoms with Crippen molar-refractivity contribution in [3.05, 3.63) is 81.9 Å². The van der Waals surface area contributed by atoms with Crippen LogP contribution in [0.3, 0.4) is 0 Å². The summed E-state index contributed by atoms with van der Waals surface area (Å²) < 4.78 is 2.57. The molecule has 2 N–H and O–H groups in total. The van der Waals surface area contributed by atoms with E-state index in [4.69, 9.17) is 0 Å². The zero-order chi connectivity index (χ0) is 17.1. The molecule has 0 aliphatic rings. The molecule has 0 aliphatic carbocycles. The molecule has 0 radical (unpaired) electrons. The molecule has 0 aromatic carbocycles. The van der Waals surface area contributed by atoms with Crippen LogP contribution in [-0.4, -0.2) is 29.0 Å². The monoisotopic (exact) mass is 324 g/mol. The van der Waals surface area contributed by atoms with E-state index in [2.05, 4.69) is 9.97 Å². The van der Waals surface area contributed by atoms with E-state index < -0.39 is 0 Å². The number of aromatic nitrogens is 4. The molecule has 0 bridgehead atoms. The lowest BCUT2D eigenvalue weighted by molar-refractivity contribution is 0.476. The topological polar surface area (TPSA) is 109 Å². The van der Waals surface area contributed by atoms with Crippen molar-refractivity contribution < 1.29 is 10.2 Å². The Kier molecular flexibility index (Phi) is 3.94. The van der Waals surface area contributed by atoms with Gasteiger partial charge in [0.25, 0.3) is 11.1 Å². The van der Waals surface area contributed by atoms with Crippen LogP contribution in [0.5, 0.6) is 11.5 Å². The highest BCUT2D eigenvalue weighted by Gasteiger charge is 2.00. The molecule has 4 aromatic heterocycles. The van der Waals surface area contributed by atoms with Crippen LogP contribution < -0.4 is 11.1 Å². The maximum absolute atomic E-state index is 11.1. The quantitative estimate of drug-likeness (QED) is 0.495. The summed E-state index contributed by atoms with van der Waals surface area (Å²) in [5, 5.41) is 18.5.